The minimum Gasteiger partial charge on any atom is -0.247 e. The number of hydrogen-bond acceptors (Lipinski definition) is 4. The van der Waals surface area contributed by atoms with Crippen molar-refractivity contribution in [2.24, 2.45) is 45.3 Å². The van der Waals surface area contributed by atoms with E-state index in [0.717, 1.165) is 12.8 Å². The summed E-state index contributed by atoms with van der Waals surface area (Å²) in [7, 11) is 0. The molecule has 0 aromatic rings. The van der Waals surface area contributed by atoms with E-state index in [1.54, 1.807) is 0 Å². The van der Waals surface area contributed by atoms with E-state index in [0.29, 0.717) is 0 Å². The van der Waals surface area contributed by atoms with Crippen molar-refractivity contribution in [2.45, 2.75) is 110 Å². The van der Waals surface area contributed by atoms with E-state index in [-0.39, 0.29) is 45.3 Å². The molecule has 0 aromatic carbocycles. The third-order valence-corrected chi connectivity index (χ3v) is 5.59. The predicted molar refractivity (Wildman–Crippen MR) is 125 cm³/mol. The molecule has 0 N–H and O–H groups in total. The molecule has 0 aliphatic carbocycles. The minimum absolute atomic E-state index is 0.0968. The van der Waals surface area contributed by atoms with Crippen LogP contribution in [0.25, 0.3) is 0 Å². The SMILES string of the molecule is CC(CC(C)(C)C)C(C(=O)OOC(=O)C(C(C)CC(C)(C)C)C(C)(C)C)C(C)(C)C. The molecule has 0 bridgehead atoms. The second-order valence-electron chi connectivity index (χ2n) is 14.0. The lowest BCUT2D eigenvalue weighted by atomic mass is 9.69. The van der Waals surface area contributed by atoms with Crippen LogP contribution in [0.5, 0.6) is 0 Å². The molecular formula is C26H50O4. The Labute approximate surface area is 186 Å². The summed E-state index contributed by atoms with van der Waals surface area (Å²) in [6.45, 7) is 29.3. The Morgan fingerprint density at radius 3 is 0.967 bits per heavy atom. The Morgan fingerprint density at radius 1 is 0.567 bits per heavy atom. The van der Waals surface area contributed by atoms with Crippen molar-refractivity contribution in [3.63, 3.8) is 0 Å². The van der Waals surface area contributed by atoms with E-state index in [2.05, 4.69) is 55.4 Å². The van der Waals surface area contributed by atoms with Crippen molar-refractivity contribution in [1.29, 1.82) is 0 Å². The predicted octanol–water partition coefficient (Wildman–Crippen LogP) is 7.46. The quantitative estimate of drug-likeness (QED) is 0.327. The molecule has 0 fully saturated rings. The standard InChI is InChI=1S/C26H50O4/c1-17(15-23(3,4)5)19(25(9,10)11)21(27)29-30-22(28)20(26(12,13)14)18(2)16-24(6,7)8/h17-20H,15-16H2,1-14H3. The Balaban J connectivity index is 5.42. The maximum Gasteiger partial charge on any atom is 0.359 e. The van der Waals surface area contributed by atoms with Gasteiger partial charge in [-0.2, -0.15) is 0 Å². The highest BCUT2D eigenvalue weighted by molar-refractivity contribution is 5.77. The molecule has 30 heavy (non-hydrogen) atoms. The number of rotatable bonds is 6. The molecule has 0 heterocycles. The largest absolute Gasteiger partial charge is 0.359 e. The molecule has 4 atom stereocenters. The molecule has 4 nitrogen and oxygen atoms in total. The Bertz CT molecular complexity index is 512. The van der Waals surface area contributed by atoms with Crippen LogP contribution in [0.1, 0.15) is 110 Å². The van der Waals surface area contributed by atoms with Gasteiger partial charge in [-0.1, -0.05) is 96.9 Å². The van der Waals surface area contributed by atoms with E-state index in [1.165, 1.54) is 0 Å². The molecule has 0 aliphatic heterocycles. The lowest BCUT2D eigenvalue weighted by molar-refractivity contribution is -0.272. The molecule has 0 amide bonds. The van der Waals surface area contributed by atoms with Gasteiger partial charge in [0.1, 0.15) is 0 Å². The van der Waals surface area contributed by atoms with Crippen LogP contribution in [-0.4, -0.2) is 11.9 Å². The zero-order valence-electron chi connectivity index (χ0n) is 22.4. The summed E-state index contributed by atoms with van der Waals surface area (Å²) in [5.41, 5.74) is -0.395. The lowest BCUT2D eigenvalue weighted by Gasteiger charge is -2.37. The molecule has 4 unspecified atom stereocenters. The van der Waals surface area contributed by atoms with Crippen LogP contribution in [0.2, 0.25) is 0 Å². The number of hydrogen-bond donors (Lipinski definition) is 0. The first-order chi connectivity index (χ1) is 13.1. The number of carbonyl (C=O) groups excluding carboxylic acids is 2. The second-order valence-corrected chi connectivity index (χ2v) is 14.0. The Morgan fingerprint density at radius 2 is 0.800 bits per heavy atom. The molecule has 0 radical (unpaired) electrons. The van der Waals surface area contributed by atoms with Crippen molar-refractivity contribution >= 4 is 11.9 Å². The van der Waals surface area contributed by atoms with Crippen molar-refractivity contribution in [2.75, 3.05) is 0 Å². The van der Waals surface area contributed by atoms with E-state index in [4.69, 9.17) is 9.78 Å². The first kappa shape index (κ1) is 28.9. The summed E-state index contributed by atoms with van der Waals surface area (Å²) in [5.74, 6) is -1.41. The van der Waals surface area contributed by atoms with E-state index in [9.17, 15) is 9.59 Å². The molecule has 0 spiro atoms. The van der Waals surface area contributed by atoms with E-state index >= 15 is 0 Å². The normalized spacial score (nSPS) is 17.7. The van der Waals surface area contributed by atoms with Gasteiger partial charge in [0.15, 0.2) is 0 Å². The lowest BCUT2D eigenvalue weighted by Crippen LogP contribution is -2.40. The maximum absolute atomic E-state index is 13.0. The minimum atomic E-state index is -0.455. The van der Waals surface area contributed by atoms with Gasteiger partial charge >= 0.3 is 11.9 Å². The topological polar surface area (TPSA) is 52.6 Å². The van der Waals surface area contributed by atoms with Gasteiger partial charge in [-0.15, -0.1) is 0 Å². The van der Waals surface area contributed by atoms with Crippen molar-refractivity contribution in [3.8, 4) is 0 Å². The summed E-state index contributed by atoms with van der Waals surface area (Å²) in [5, 5.41) is 0. The fourth-order valence-electron chi connectivity index (χ4n) is 5.23. The van der Waals surface area contributed by atoms with Crippen LogP contribution in [0.15, 0.2) is 0 Å². The van der Waals surface area contributed by atoms with Gasteiger partial charge in [0, 0.05) is 0 Å². The molecule has 0 saturated carbocycles. The smallest absolute Gasteiger partial charge is 0.247 e. The van der Waals surface area contributed by atoms with Crippen LogP contribution >= 0.6 is 0 Å². The highest BCUT2D eigenvalue weighted by atomic mass is 17.2. The average Bonchev–Trinajstić information content (AvgIpc) is 2.37. The molecule has 4 heteroatoms. The van der Waals surface area contributed by atoms with Crippen molar-refractivity contribution < 1.29 is 19.4 Å². The van der Waals surface area contributed by atoms with Gasteiger partial charge in [0.25, 0.3) is 0 Å². The summed E-state index contributed by atoms with van der Waals surface area (Å²) < 4.78 is 0. The van der Waals surface area contributed by atoms with Crippen LogP contribution < -0.4 is 0 Å². The Kier molecular flexibility index (Phi) is 9.69. The third-order valence-electron chi connectivity index (χ3n) is 5.59. The van der Waals surface area contributed by atoms with Gasteiger partial charge in [-0.3, -0.25) is 0 Å². The first-order valence-electron chi connectivity index (χ1n) is 11.5. The van der Waals surface area contributed by atoms with Crippen molar-refractivity contribution in [3.05, 3.63) is 0 Å². The van der Waals surface area contributed by atoms with Gasteiger partial charge in [-0.05, 0) is 46.3 Å². The summed E-state index contributed by atoms with van der Waals surface area (Å²) in [6.07, 6.45) is 1.76. The van der Waals surface area contributed by atoms with Crippen LogP contribution in [0.3, 0.4) is 0 Å². The fourth-order valence-corrected chi connectivity index (χ4v) is 5.23. The zero-order chi connectivity index (χ0) is 24.3. The Hall–Kier alpha value is -1.06. The summed E-state index contributed by atoms with van der Waals surface area (Å²) >= 11 is 0. The van der Waals surface area contributed by atoms with Crippen LogP contribution in [-0.2, 0) is 19.4 Å². The van der Waals surface area contributed by atoms with E-state index in [1.807, 2.05) is 41.5 Å². The van der Waals surface area contributed by atoms with Crippen LogP contribution in [0, 0.1) is 45.3 Å². The first-order valence-corrected chi connectivity index (χ1v) is 11.5. The highest BCUT2D eigenvalue weighted by Gasteiger charge is 2.42. The molecule has 0 saturated heterocycles. The van der Waals surface area contributed by atoms with Gasteiger partial charge in [0.05, 0.1) is 11.8 Å². The molecular weight excluding hydrogens is 376 g/mol. The van der Waals surface area contributed by atoms with E-state index < -0.39 is 11.9 Å². The average molecular weight is 427 g/mol. The van der Waals surface area contributed by atoms with Gasteiger partial charge in [-0.25, -0.2) is 19.4 Å². The maximum atomic E-state index is 13.0. The highest BCUT2D eigenvalue weighted by Crippen LogP contribution is 2.41. The molecule has 0 aromatic heterocycles. The molecule has 0 aliphatic rings. The third kappa shape index (κ3) is 10.3. The van der Waals surface area contributed by atoms with Gasteiger partial charge in [0.2, 0.25) is 0 Å². The fraction of sp³-hybridized carbons (Fsp3) is 0.923. The summed E-state index contributed by atoms with van der Waals surface area (Å²) in [4.78, 5) is 36.4. The monoisotopic (exact) mass is 426 g/mol. The number of carbonyl (C=O) groups is 2. The van der Waals surface area contributed by atoms with Crippen molar-refractivity contribution in [1.82, 2.24) is 0 Å². The molecule has 178 valence electrons. The van der Waals surface area contributed by atoms with Crippen LogP contribution in [0.4, 0.5) is 0 Å². The summed E-state index contributed by atoms with van der Waals surface area (Å²) in [6, 6.07) is 0. The molecule has 0 rings (SSSR count). The second kappa shape index (κ2) is 10.0. The zero-order valence-corrected chi connectivity index (χ0v) is 22.4. The van der Waals surface area contributed by atoms with Gasteiger partial charge < -0.3 is 0 Å².